The second-order valence-corrected chi connectivity index (χ2v) is 7.27. The van der Waals surface area contributed by atoms with Crippen molar-refractivity contribution in [2.45, 2.75) is 44.6 Å². The molecule has 0 radical (unpaired) electrons. The molecule has 0 aromatic carbocycles. The van der Waals surface area contributed by atoms with Crippen LogP contribution in [-0.2, 0) is 24.1 Å². The minimum atomic E-state index is -0.382. The minimum absolute atomic E-state index is 0. The number of hydrogen-bond acceptors (Lipinski definition) is 5. The Morgan fingerprint density at radius 3 is 2.95 bits per heavy atom. The van der Waals surface area contributed by atoms with Crippen LogP contribution in [0.5, 0.6) is 0 Å². The highest BCUT2D eigenvalue weighted by Crippen LogP contribution is 2.26. The molecule has 4 nitrogen and oxygen atoms in total. The third-order valence-corrected chi connectivity index (χ3v) is 5.36. The van der Waals surface area contributed by atoms with E-state index in [1.54, 1.807) is 11.8 Å². The fourth-order valence-electron chi connectivity index (χ4n) is 2.31. The number of aryl methyl sites for hydroxylation is 2. The van der Waals surface area contributed by atoms with Crippen LogP contribution in [0.1, 0.15) is 34.8 Å². The van der Waals surface area contributed by atoms with Crippen molar-refractivity contribution >= 4 is 41.4 Å². The third-order valence-electron chi connectivity index (χ3n) is 3.50. The molecule has 0 spiro atoms. The van der Waals surface area contributed by atoms with E-state index in [0.29, 0.717) is 6.54 Å². The summed E-state index contributed by atoms with van der Waals surface area (Å²) in [6, 6.07) is -0.382. The van der Waals surface area contributed by atoms with Gasteiger partial charge >= 0.3 is 0 Å². The Morgan fingerprint density at radius 1 is 1.48 bits per heavy atom. The second kappa shape index (κ2) is 9.66. The lowest BCUT2D eigenvalue weighted by molar-refractivity contribution is -0.122. The summed E-state index contributed by atoms with van der Waals surface area (Å²) in [7, 11) is 0. The maximum absolute atomic E-state index is 11.8. The van der Waals surface area contributed by atoms with Gasteiger partial charge in [0.1, 0.15) is 0 Å². The van der Waals surface area contributed by atoms with E-state index in [9.17, 15) is 4.79 Å². The van der Waals surface area contributed by atoms with Gasteiger partial charge in [-0.15, -0.1) is 23.7 Å². The number of nitrogens with one attached hydrogen (secondary N) is 1. The number of aromatic nitrogens is 1. The molecule has 7 heteroatoms. The lowest BCUT2D eigenvalue weighted by atomic mass is 10.0. The maximum Gasteiger partial charge on any atom is 0.236 e. The first-order chi connectivity index (χ1) is 9.70. The molecular formula is C14H24ClN3OS2. The van der Waals surface area contributed by atoms with Gasteiger partial charge in [-0.05, 0) is 44.1 Å². The zero-order valence-corrected chi connectivity index (χ0v) is 14.8. The molecule has 0 saturated carbocycles. The summed E-state index contributed by atoms with van der Waals surface area (Å²) in [6.07, 6.45) is 8.43. The lowest BCUT2D eigenvalue weighted by Gasteiger charge is -2.10. The molecule has 0 aliphatic heterocycles. The van der Waals surface area contributed by atoms with E-state index in [-0.39, 0.29) is 24.4 Å². The van der Waals surface area contributed by atoms with Crippen molar-refractivity contribution in [2.24, 2.45) is 5.73 Å². The predicted octanol–water partition coefficient (Wildman–Crippen LogP) is 2.18. The van der Waals surface area contributed by atoms with Gasteiger partial charge in [-0.3, -0.25) is 4.79 Å². The van der Waals surface area contributed by atoms with Crippen molar-refractivity contribution in [1.82, 2.24) is 10.3 Å². The lowest BCUT2D eigenvalue weighted by Crippen LogP contribution is -2.41. The van der Waals surface area contributed by atoms with Crippen LogP contribution in [0.4, 0.5) is 0 Å². The Hall–Kier alpha value is -0.300. The van der Waals surface area contributed by atoms with Gasteiger partial charge in [0, 0.05) is 17.8 Å². The van der Waals surface area contributed by atoms with Gasteiger partial charge in [0.2, 0.25) is 5.91 Å². The van der Waals surface area contributed by atoms with Crippen LogP contribution in [0, 0.1) is 0 Å². The first kappa shape index (κ1) is 18.7. The maximum atomic E-state index is 11.8. The fraction of sp³-hybridized carbons (Fsp3) is 0.714. The van der Waals surface area contributed by atoms with Crippen LogP contribution in [0.25, 0.3) is 0 Å². The Labute approximate surface area is 141 Å². The molecule has 2 rings (SSSR count). The van der Waals surface area contributed by atoms with Gasteiger partial charge in [0.05, 0.1) is 16.7 Å². The van der Waals surface area contributed by atoms with E-state index >= 15 is 0 Å². The number of halogens is 1. The van der Waals surface area contributed by atoms with Crippen molar-refractivity contribution in [1.29, 1.82) is 0 Å². The third kappa shape index (κ3) is 5.77. The van der Waals surface area contributed by atoms with Crippen LogP contribution < -0.4 is 11.1 Å². The molecule has 1 aliphatic rings. The first-order valence-electron chi connectivity index (χ1n) is 7.20. The predicted molar refractivity (Wildman–Crippen MR) is 93.7 cm³/mol. The van der Waals surface area contributed by atoms with Gasteiger partial charge in [-0.25, -0.2) is 4.98 Å². The number of carbonyl (C=O) groups excluding carboxylic acids is 1. The average Bonchev–Trinajstić information content (AvgIpc) is 2.87. The number of carbonyl (C=O) groups is 1. The van der Waals surface area contributed by atoms with E-state index in [1.165, 1.54) is 29.8 Å². The molecule has 1 amide bonds. The number of amides is 1. The summed E-state index contributed by atoms with van der Waals surface area (Å²) in [5.74, 6) is 0.883. The van der Waals surface area contributed by atoms with Crippen LogP contribution in [0.3, 0.4) is 0 Å². The van der Waals surface area contributed by atoms with Crippen molar-refractivity contribution in [3.8, 4) is 0 Å². The van der Waals surface area contributed by atoms with Crippen molar-refractivity contribution < 1.29 is 4.79 Å². The summed E-state index contributed by atoms with van der Waals surface area (Å²) < 4.78 is 0. The molecule has 3 N–H and O–H groups in total. The standard InChI is InChI=1S/C14H23N3OS2.ClH/c1-19-9-7-10(15)14(18)16-8-6-13-17-11-4-2-3-5-12(11)20-13;/h10H,2-9,15H2,1H3,(H,16,18);1H/t10-;/m0./s1. The number of thioether (sulfide) groups is 1. The highest BCUT2D eigenvalue weighted by molar-refractivity contribution is 7.98. The normalized spacial score (nSPS) is 15.0. The molecule has 21 heavy (non-hydrogen) atoms. The van der Waals surface area contributed by atoms with E-state index in [0.717, 1.165) is 30.0 Å². The van der Waals surface area contributed by atoms with Gasteiger partial charge in [-0.2, -0.15) is 11.8 Å². The average molecular weight is 350 g/mol. The number of thiazole rings is 1. The minimum Gasteiger partial charge on any atom is -0.354 e. The highest BCUT2D eigenvalue weighted by atomic mass is 35.5. The van der Waals surface area contributed by atoms with Crippen LogP contribution in [0.2, 0.25) is 0 Å². The zero-order chi connectivity index (χ0) is 14.4. The zero-order valence-electron chi connectivity index (χ0n) is 12.4. The van der Waals surface area contributed by atoms with Crippen LogP contribution in [0.15, 0.2) is 0 Å². The van der Waals surface area contributed by atoms with Crippen LogP contribution >= 0.6 is 35.5 Å². The highest BCUT2D eigenvalue weighted by Gasteiger charge is 2.16. The summed E-state index contributed by atoms with van der Waals surface area (Å²) in [4.78, 5) is 17.9. The molecule has 0 unspecified atom stereocenters. The fourth-order valence-corrected chi connectivity index (χ4v) is 3.96. The molecule has 1 atom stereocenters. The largest absolute Gasteiger partial charge is 0.354 e. The Bertz CT molecular complexity index is 430. The second-order valence-electron chi connectivity index (χ2n) is 5.11. The van der Waals surface area contributed by atoms with Crippen molar-refractivity contribution in [2.75, 3.05) is 18.6 Å². The van der Waals surface area contributed by atoms with E-state index in [4.69, 9.17) is 5.73 Å². The molecule has 0 fully saturated rings. The van der Waals surface area contributed by atoms with Gasteiger partial charge in [0.15, 0.2) is 0 Å². The molecular weight excluding hydrogens is 326 g/mol. The first-order valence-corrected chi connectivity index (χ1v) is 9.41. The molecule has 1 aliphatic carbocycles. The van der Waals surface area contributed by atoms with Crippen molar-refractivity contribution in [3.63, 3.8) is 0 Å². The van der Waals surface area contributed by atoms with Gasteiger partial charge < -0.3 is 11.1 Å². The number of nitrogens with two attached hydrogens (primary N) is 1. The van der Waals surface area contributed by atoms with Gasteiger partial charge in [-0.1, -0.05) is 0 Å². The molecule has 1 aromatic heterocycles. The smallest absolute Gasteiger partial charge is 0.236 e. The quantitative estimate of drug-likeness (QED) is 0.791. The van der Waals surface area contributed by atoms with E-state index < -0.39 is 0 Å². The van der Waals surface area contributed by atoms with Crippen LogP contribution in [-0.4, -0.2) is 35.5 Å². The van der Waals surface area contributed by atoms with Crippen molar-refractivity contribution in [3.05, 3.63) is 15.6 Å². The molecule has 0 saturated heterocycles. The number of fused-ring (bicyclic) bond motifs is 1. The summed E-state index contributed by atoms with van der Waals surface area (Å²) in [5.41, 5.74) is 7.11. The van der Waals surface area contributed by atoms with Gasteiger partial charge in [0.25, 0.3) is 0 Å². The molecule has 1 aromatic rings. The summed E-state index contributed by atoms with van der Waals surface area (Å²) in [6.45, 7) is 0.637. The number of rotatable bonds is 7. The monoisotopic (exact) mass is 349 g/mol. The summed E-state index contributed by atoms with van der Waals surface area (Å²) >= 11 is 3.53. The summed E-state index contributed by atoms with van der Waals surface area (Å²) in [5, 5.41) is 4.06. The topological polar surface area (TPSA) is 68.0 Å². The number of nitrogens with zero attached hydrogens (tertiary/aromatic N) is 1. The Morgan fingerprint density at radius 2 is 2.24 bits per heavy atom. The Balaban J connectivity index is 0.00000220. The molecule has 120 valence electrons. The SMILES string of the molecule is CSCC[C@H](N)C(=O)NCCc1nc2c(s1)CCCC2.Cl. The number of hydrogen-bond donors (Lipinski definition) is 2. The molecule has 1 heterocycles. The van der Waals surface area contributed by atoms with E-state index in [2.05, 4.69) is 10.3 Å². The van der Waals surface area contributed by atoms with E-state index in [1.807, 2.05) is 17.6 Å². The Kier molecular flexibility index (Phi) is 8.63. The molecule has 0 bridgehead atoms.